The first kappa shape index (κ1) is 15.2. The van der Waals surface area contributed by atoms with E-state index in [1.165, 1.54) is 17.0 Å². The number of benzene rings is 1. The molecule has 1 aliphatic heterocycles. The molecule has 9 heteroatoms. The topological polar surface area (TPSA) is 83.7 Å². The van der Waals surface area contributed by atoms with Gasteiger partial charge in [0.2, 0.25) is 0 Å². The lowest BCUT2D eigenvalue weighted by atomic mass is 10.1. The second kappa shape index (κ2) is 5.65. The van der Waals surface area contributed by atoms with E-state index in [9.17, 15) is 17.6 Å². The zero-order valence-corrected chi connectivity index (χ0v) is 12.0. The minimum absolute atomic E-state index is 0.0900. The highest BCUT2D eigenvalue weighted by Gasteiger charge is 2.28. The maximum atomic E-state index is 13.6. The van der Waals surface area contributed by atoms with Crippen molar-refractivity contribution in [2.24, 2.45) is 5.14 Å². The summed E-state index contributed by atoms with van der Waals surface area (Å²) < 4.78 is 37.0. The summed E-state index contributed by atoms with van der Waals surface area (Å²) in [6.07, 6.45) is 0. The average Bonchev–Trinajstić information content (AvgIpc) is 2.40. The number of nitrogens with two attached hydrogens (primary N) is 1. The van der Waals surface area contributed by atoms with Gasteiger partial charge < -0.3 is 4.90 Å². The molecule has 1 fully saturated rings. The van der Waals surface area contributed by atoms with Crippen molar-refractivity contribution < 1.29 is 17.6 Å². The molecule has 110 valence electrons. The minimum atomic E-state index is -3.75. The van der Waals surface area contributed by atoms with Crippen molar-refractivity contribution in [3.63, 3.8) is 0 Å². The molecule has 1 aliphatic rings. The minimum Gasteiger partial charge on any atom is -0.336 e. The van der Waals surface area contributed by atoms with Crippen LogP contribution in [-0.2, 0) is 10.2 Å². The van der Waals surface area contributed by atoms with Gasteiger partial charge in [0.05, 0.1) is 5.56 Å². The predicted molar refractivity (Wildman–Crippen MR) is 72.0 cm³/mol. The smallest absolute Gasteiger partial charge is 0.277 e. The van der Waals surface area contributed by atoms with Crippen LogP contribution in [0.5, 0.6) is 0 Å². The van der Waals surface area contributed by atoms with E-state index in [2.05, 4.69) is 0 Å². The fourth-order valence-corrected chi connectivity index (χ4v) is 2.82. The van der Waals surface area contributed by atoms with Crippen LogP contribution in [0, 0.1) is 5.82 Å². The zero-order valence-electron chi connectivity index (χ0n) is 10.4. The van der Waals surface area contributed by atoms with Crippen molar-refractivity contribution in [2.45, 2.75) is 0 Å². The lowest BCUT2D eigenvalue weighted by molar-refractivity contribution is 0.0693. The Bertz CT molecular complexity index is 630. The Hall–Kier alpha value is -1.22. The quantitative estimate of drug-likeness (QED) is 0.858. The van der Waals surface area contributed by atoms with Gasteiger partial charge in [-0.15, -0.1) is 0 Å². The summed E-state index contributed by atoms with van der Waals surface area (Å²) in [7, 11) is -3.75. The van der Waals surface area contributed by atoms with Crippen molar-refractivity contribution in [1.82, 2.24) is 9.21 Å². The van der Waals surface area contributed by atoms with Crippen LogP contribution < -0.4 is 5.14 Å². The van der Waals surface area contributed by atoms with E-state index in [-0.39, 0.29) is 36.8 Å². The van der Waals surface area contributed by atoms with Crippen LogP contribution in [0.1, 0.15) is 10.4 Å². The number of piperazine rings is 1. The third-order valence-electron chi connectivity index (χ3n) is 3.04. The molecule has 0 atom stereocenters. The van der Waals surface area contributed by atoms with Gasteiger partial charge in [-0.1, -0.05) is 11.6 Å². The number of carbonyl (C=O) groups is 1. The normalized spacial score (nSPS) is 17.2. The highest BCUT2D eigenvalue weighted by atomic mass is 35.5. The van der Waals surface area contributed by atoms with Gasteiger partial charge in [-0.2, -0.15) is 12.7 Å². The molecule has 2 N–H and O–H groups in total. The number of nitrogens with zero attached hydrogens (tertiary/aromatic N) is 2. The first-order valence-corrected chi connectivity index (χ1v) is 7.69. The van der Waals surface area contributed by atoms with Crippen LogP contribution in [0.4, 0.5) is 4.39 Å². The number of amides is 1. The van der Waals surface area contributed by atoms with E-state index < -0.39 is 21.9 Å². The van der Waals surface area contributed by atoms with E-state index in [0.29, 0.717) is 0 Å². The lowest BCUT2D eigenvalue weighted by Crippen LogP contribution is -2.52. The Morgan fingerprint density at radius 2 is 1.85 bits per heavy atom. The molecular weight excluding hydrogens is 309 g/mol. The fraction of sp³-hybridized carbons (Fsp3) is 0.364. The molecule has 0 aromatic heterocycles. The predicted octanol–water partition coefficient (Wildman–Crippen LogP) is 0.440. The van der Waals surface area contributed by atoms with Crippen LogP contribution in [-0.4, -0.2) is 49.7 Å². The zero-order chi connectivity index (χ0) is 14.9. The van der Waals surface area contributed by atoms with E-state index in [1.54, 1.807) is 0 Å². The van der Waals surface area contributed by atoms with Gasteiger partial charge in [0, 0.05) is 31.2 Å². The van der Waals surface area contributed by atoms with Gasteiger partial charge in [0.1, 0.15) is 5.82 Å². The van der Waals surface area contributed by atoms with Crippen LogP contribution in [0.2, 0.25) is 5.02 Å². The largest absolute Gasteiger partial charge is 0.336 e. The van der Waals surface area contributed by atoms with Gasteiger partial charge in [0.25, 0.3) is 16.1 Å². The molecule has 1 heterocycles. The Morgan fingerprint density at radius 3 is 2.40 bits per heavy atom. The van der Waals surface area contributed by atoms with Gasteiger partial charge >= 0.3 is 0 Å². The lowest BCUT2D eigenvalue weighted by Gasteiger charge is -2.33. The van der Waals surface area contributed by atoms with Crippen LogP contribution >= 0.6 is 11.6 Å². The fourth-order valence-electron chi connectivity index (χ4n) is 1.98. The highest BCUT2D eigenvalue weighted by Crippen LogP contribution is 2.18. The molecule has 0 spiro atoms. The van der Waals surface area contributed by atoms with E-state index in [0.717, 1.165) is 10.4 Å². The first-order chi connectivity index (χ1) is 9.29. The molecule has 1 amide bonds. The molecule has 20 heavy (non-hydrogen) atoms. The summed E-state index contributed by atoms with van der Waals surface area (Å²) in [6.45, 7) is 0.488. The molecule has 0 saturated carbocycles. The molecule has 6 nitrogen and oxygen atoms in total. The van der Waals surface area contributed by atoms with Crippen LogP contribution in [0.15, 0.2) is 18.2 Å². The summed E-state index contributed by atoms with van der Waals surface area (Å²) in [6, 6.07) is 3.73. The number of halogens is 2. The number of hydrogen-bond acceptors (Lipinski definition) is 3. The van der Waals surface area contributed by atoms with Crippen molar-refractivity contribution >= 4 is 27.7 Å². The van der Waals surface area contributed by atoms with Gasteiger partial charge in [-0.3, -0.25) is 4.79 Å². The second-order valence-corrected chi connectivity index (χ2v) is 6.34. The number of hydrogen-bond donors (Lipinski definition) is 1. The highest BCUT2D eigenvalue weighted by molar-refractivity contribution is 7.86. The monoisotopic (exact) mass is 321 g/mol. The molecule has 0 bridgehead atoms. The Kier molecular flexibility index (Phi) is 4.28. The van der Waals surface area contributed by atoms with Gasteiger partial charge in [0.15, 0.2) is 0 Å². The van der Waals surface area contributed by atoms with E-state index >= 15 is 0 Å². The molecule has 0 radical (unpaired) electrons. The molecular formula is C11H13ClFN3O3S. The summed E-state index contributed by atoms with van der Waals surface area (Å²) >= 11 is 5.74. The first-order valence-electron chi connectivity index (χ1n) is 5.81. The van der Waals surface area contributed by atoms with Crippen LogP contribution in [0.3, 0.4) is 0 Å². The summed E-state index contributed by atoms with van der Waals surface area (Å²) in [5.74, 6) is -1.17. The van der Waals surface area contributed by atoms with Crippen molar-refractivity contribution in [3.05, 3.63) is 34.6 Å². The molecule has 1 aromatic carbocycles. The SMILES string of the molecule is NS(=O)(=O)N1CCN(C(=O)c2cc(Cl)ccc2F)CC1. The summed E-state index contributed by atoms with van der Waals surface area (Å²) in [4.78, 5) is 13.5. The van der Waals surface area contributed by atoms with Gasteiger partial charge in [-0.25, -0.2) is 9.53 Å². The molecule has 2 rings (SSSR count). The van der Waals surface area contributed by atoms with E-state index in [4.69, 9.17) is 16.7 Å². The van der Waals surface area contributed by atoms with E-state index in [1.807, 2.05) is 0 Å². The maximum Gasteiger partial charge on any atom is 0.277 e. The standard InChI is InChI=1S/C11H13ClFN3O3S/c12-8-1-2-10(13)9(7-8)11(17)15-3-5-16(6-4-15)20(14,18)19/h1-2,7H,3-6H2,(H2,14,18,19). The number of rotatable bonds is 2. The average molecular weight is 322 g/mol. The third kappa shape index (κ3) is 3.26. The molecule has 1 aromatic rings. The Balaban J connectivity index is 2.11. The molecule has 0 unspecified atom stereocenters. The maximum absolute atomic E-state index is 13.6. The summed E-state index contributed by atoms with van der Waals surface area (Å²) in [5, 5.41) is 5.27. The Labute approximate surface area is 121 Å². The van der Waals surface area contributed by atoms with Gasteiger partial charge in [-0.05, 0) is 18.2 Å². The van der Waals surface area contributed by atoms with Crippen molar-refractivity contribution in [2.75, 3.05) is 26.2 Å². The summed E-state index contributed by atoms with van der Waals surface area (Å²) in [5.41, 5.74) is -0.124. The molecule has 1 saturated heterocycles. The molecule has 0 aliphatic carbocycles. The second-order valence-electron chi connectivity index (χ2n) is 4.36. The number of carbonyl (C=O) groups excluding carboxylic acids is 1. The Morgan fingerprint density at radius 1 is 1.25 bits per heavy atom. The van der Waals surface area contributed by atoms with Crippen molar-refractivity contribution in [3.8, 4) is 0 Å². The third-order valence-corrected chi connectivity index (χ3v) is 4.36. The van der Waals surface area contributed by atoms with Crippen molar-refractivity contribution in [1.29, 1.82) is 0 Å². The van der Waals surface area contributed by atoms with Crippen LogP contribution in [0.25, 0.3) is 0 Å².